The number of nitrogens with two attached hydrogens (primary N) is 1. The molecule has 3 heteroatoms. The highest BCUT2D eigenvalue weighted by Gasteiger charge is 1.99. The molecule has 2 aromatic rings. The largest absolute Gasteiger partial charge is 0.282 e. The van der Waals surface area contributed by atoms with Gasteiger partial charge in [-0.05, 0) is 24.3 Å². The van der Waals surface area contributed by atoms with Crippen molar-refractivity contribution in [2.45, 2.75) is 0 Å². The third-order valence-corrected chi connectivity index (χ3v) is 3.13. The molecule has 2 rings (SSSR count). The molecule has 0 aromatic heterocycles. The second kappa shape index (κ2) is 4.92. The Balaban J connectivity index is 2.15. The zero-order valence-electron chi connectivity index (χ0n) is 7.95. The molecule has 0 amide bonds. The molecule has 1 nitrogen and oxygen atoms in total. The molecular weight excluding hydrogens is 318 g/mol. The molecule has 2 aromatic carbocycles. The Morgan fingerprint density at radius 1 is 0.600 bits per heavy atom. The minimum Gasteiger partial charge on any atom is -0.282 e. The van der Waals surface area contributed by atoms with E-state index in [1.165, 1.54) is 11.4 Å². The Morgan fingerprint density at radius 2 is 0.933 bits per heavy atom. The van der Waals surface area contributed by atoms with Gasteiger partial charge in [-0.15, -0.1) is 0 Å². The van der Waals surface area contributed by atoms with Crippen molar-refractivity contribution in [3.8, 4) is 0 Å². The van der Waals surface area contributed by atoms with Crippen LogP contribution in [0.4, 0.5) is 11.4 Å². The number of hydrogen-bond acceptors (Lipinski definition) is 0. The number of quaternary nitrogens is 1. The van der Waals surface area contributed by atoms with Crippen LogP contribution in [0.1, 0.15) is 0 Å². The van der Waals surface area contributed by atoms with Gasteiger partial charge in [-0.1, -0.05) is 31.9 Å². The molecule has 15 heavy (non-hydrogen) atoms. The molecule has 0 saturated carbocycles. The maximum absolute atomic E-state index is 3.42. The van der Waals surface area contributed by atoms with Gasteiger partial charge in [0.15, 0.2) is 0 Å². The first kappa shape index (κ1) is 10.9. The van der Waals surface area contributed by atoms with Crippen molar-refractivity contribution in [3.63, 3.8) is 0 Å². The fourth-order valence-electron chi connectivity index (χ4n) is 1.31. The summed E-state index contributed by atoms with van der Waals surface area (Å²) < 4.78 is 2.21. The fourth-order valence-corrected chi connectivity index (χ4v) is 1.84. The molecule has 0 unspecified atom stereocenters. The van der Waals surface area contributed by atoms with Gasteiger partial charge in [-0.2, -0.15) is 0 Å². The highest BCUT2D eigenvalue weighted by molar-refractivity contribution is 9.10. The first-order valence-electron chi connectivity index (χ1n) is 4.60. The molecule has 0 bridgehead atoms. The second-order valence-corrected chi connectivity index (χ2v) is 5.08. The van der Waals surface area contributed by atoms with E-state index >= 15 is 0 Å². The standard InChI is InChI=1S/C12H9Br2N/c13-9-1-5-11(6-2-9)15-12-7-3-10(14)4-8-12/h1-8,15H/p+1. The van der Waals surface area contributed by atoms with E-state index in [2.05, 4.69) is 61.4 Å². The summed E-state index contributed by atoms with van der Waals surface area (Å²) in [6, 6.07) is 16.5. The topological polar surface area (TPSA) is 16.6 Å². The van der Waals surface area contributed by atoms with Gasteiger partial charge < -0.3 is 0 Å². The van der Waals surface area contributed by atoms with Gasteiger partial charge in [0.2, 0.25) is 0 Å². The molecule has 0 spiro atoms. The normalized spacial score (nSPS) is 10.3. The first-order chi connectivity index (χ1) is 7.24. The Morgan fingerprint density at radius 3 is 1.27 bits per heavy atom. The summed E-state index contributed by atoms with van der Waals surface area (Å²) in [6.07, 6.45) is 0. The van der Waals surface area contributed by atoms with Crippen molar-refractivity contribution in [1.29, 1.82) is 0 Å². The number of halogens is 2. The average Bonchev–Trinajstić information content (AvgIpc) is 2.25. The molecule has 0 aliphatic heterocycles. The van der Waals surface area contributed by atoms with E-state index in [0.717, 1.165) is 8.95 Å². The molecular formula is C12H10Br2N+. The summed E-state index contributed by atoms with van der Waals surface area (Å²) in [5, 5.41) is 2.15. The quantitative estimate of drug-likeness (QED) is 0.809. The zero-order valence-corrected chi connectivity index (χ0v) is 11.1. The predicted molar refractivity (Wildman–Crippen MR) is 69.5 cm³/mol. The lowest BCUT2D eigenvalue weighted by molar-refractivity contribution is -0.478. The van der Waals surface area contributed by atoms with Crippen molar-refractivity contribution in [2.24, 2.45) is 0 Å². The molecule has 0 radical (unpaired) electrons. The van der Waals surface area contributed by atoms with E-state index in [1.54, 1.807) is 0 Å². The summed E-state index contributed by atoms with van der Waals surface area (Å²) in [6.45, 7) is 0. The average molecular weight is 328 g/mol. The second-order valence-electron chi connectivity index (χ2n) is 3.25. The van der Waals surface area contributed by atoms with Crippen molar-refractivity contribution in [3.05, 3.63) is 57.5 Å². The van der Waals surface area contributed by atoms with Crippen LogP contribution in [0, 0.1) is 0 Å². The van der Waals surface area contributed by atoms with Gasteiger partial charge in [-0.3, -0.25) is 5.32 Å². The first-order valence-corrected chi connectivity index (χ1v) is 6.18. The lowest BCUT2D eigenvalue weighted by atomic mass is 10.3. The van der Waals surface area contributed by atoms with Crippen LogP contribution in [0.3, 0.4) is 0 Å². The maximum atomic E-state index is 3.42. The van der Waals surface area contributed by atoms with Gasteiger partial charge in [-0.25, -0.2) is 0 Å². The van der Waals surface area contributed by atoms with E-state index in [1.807, 2.05) is 24.3 Å². The van der Waals surface area contributed by atoms with E-state index < -0.39 is 0 Å². The Kier molecular flexibility index (Phi) is 3.57. The summed E-state index contributed by atoms with van der Waals surface area (Å²) in [5.74, 6) is 0. The van der Waals surface area contributed by atoms with Crippen LogP contribution in [0.2, 0.25) is 0 Å². The number of benzene rings is 2. The van der Waals surface area contributed by atoms with Crippen molar-refractivity contribution < 1.29 is 5.32 Å². The predicted octanol–water partition coefficient (Wildman–Crippen LogP) is 3.74. The third kappa shape index (κ3) is 3.16. The van der Waals surface area contributed by atoms with E-state index in [0.29, 0.717) is 0 Å². The molecule has 76 valence electrons. The Bertz CT molecular complexity index is 391. The van der Waals surface area contributed by atoms with Crippen LogP contribution < -0.4 is 5.32 Å². The van der Waals surface area contributed by atoms with Crippen molar-refractivity contribution in [1.82, 2.24) is 0 Å². The minimum absolute atomic E-state index is 1.11. The molecule has 0 saturated heterocycles. The number of hydrogen-bond donors (Lipinski definition) is 1. The third-order valence-electron chi connectivity index (χ3n) is 2.07. The Labute approximate surface area is 106 Å². The molecule has 0 heterocycles. The van der Waals surface area contributed by atoms with Gasteiger partial charge in [0.25, 0.3) is 0 Å². The summed E-state index contributed by atoms with van der Waals surface area (Å²) >= 11 is 6.84. The minimum atomic E-state index is 1.11. The molecule has 0 aliphatic rings. The van der Waals surface area contributed by atoms with Crippen molar-refractivity contribution in [2.75, 3.05) is 0 Å². The van der Waals surface area contributed by atoms with E-state index in [4.69, 9.17) is 0 Å². The summed E-state index contributed by atoms with van der Waals surface area (Å²) in [4.78, 5) is 0. The summed E-state index contributed by atoms with van der Waals surface area (Å²) in [5.41, 5.74) is 2.42. The summed E-state index contributed by atoms with van der Waals surface area (Å²) in [7, 11) is 0. The van der Waals surface area contributed by atoms with Crippen LogP contribution in [0.25, 0.3) is 0 Å². The lowest BCUT2D eigenvalue weighted by Gasteiger charge is -2.00. The molecule has 0 fully saturated rings. The lowest BCUT2D eigenvalue weighted by Crippen LogP contribution is -2.70. The van der Waals surface area contributed by atoms with Crippen LogP contribution in [0.5, 0.6) is 0 Å². The highest BCUT2D eigenvalue weighted by atomic mass is 79.9. The van der Waals surface area contributed by atoms with Gasteiger partial charge in [0, 0.05) is 33.2 Å². The van der Waals surface area contributed by atoms with Crippen LogP contribution in [0.15, 0.2) is 57.5 Å². The van der Waals surface area contributed by atoms with Crippen LogP contribution in [-0.2, 0) is 0 Å². The monoisotopic (exact) mass is 326 g/mol. The van der Waals surface area contributed by atoms with E-state index in [9.17, 15) is 0 Å². The highest BCUT2D eigenvalue weighted by Crippen LogP contribution is 2.14. The van der Waals surface area contributed by atoms with Gasteiger partial charge in [0.1, 0.15) is 11.4 Å². The molecule has 0 atom stereocenters. The van der Waals surface area contributed by atoms with Crippen LogP contribution >= 0.6 is 31.9 Å². The Hall–Kier alpha value is -0.640. The van der Waals surface area contributed by atoms with Gasteiger partial charge >= 0.3 is 0 Å². The van der Waals surface area contributed by atoms with Crippen molar-refractivity contribution >= 4 is 43.2 Å². The fraction of sp³-hybridized carbons (Fsp3) is 0. The van der Waals surface area contributed by atoms with E-state index in [-0.39, 0.29) is 0 Å². The van der Waals surface area contributed by atoms with Crippen LogP contribution in [-0.4, -0.2) is 0 Å². The molecule has 0 aliphatic carbocycles. The zero-order chi connectivity index (χ0) is 10.7. The SMILES string of the molecule is Brc1ccc([NH2+]c2ccc(Br)cc2)cc1. The molecule has 2 N–H and O–H groups in total. The smallest absolute Gasteiger partial charge is 0.134 e. The maximum Gasteiger partial charge on any atom is 0.134 e. The van der Waals surface area contributed by atoms with Gasteiger partial charge in [0.05, 0.1) is 0 Å². The number of rotatable bonds is 2.